The number of hydrogen-bond acceptors (Lipinski definition) is 2. The zero-order valence-corrected chi connectivity index (χ0v) is 10.7. The molecule has 1 aromatic heterocycles. The molecule has 82 valence electrons. The number of halogens is 1. The highest BCUT2D eigenvalue weighted by atomic mass is 79.9. The average molecular weight is 269 g/mol. The first-order valence-corrected chi connectivity index (χ1v) is 6.65. The van der Waals surface area contributed by atoms with Crippen LogP contribution in [0.4, 0.5) is 5.69 Å². The Labute approximate surface area is 99.8 Å². The molecule has 1 aliphatic rings. The van der Waals surface area contributed by atoms with Crippen molar-refractivity contribution in [3.63, 3.8) is 0 Å². The van der Waals surface area contributed by atoms with Crippen LogP contribution in [0.3, 0.4) is 0 Å². The molecule has 2 nitrogen and oxygen atoms in total. The number of aromatic nitrogens is 1. The van der Waals surface area contributed by atoms with Gasteiger partial charge in [0.15, 0.2) is 0 Å². The van der Waals surface area contributed by atoms with Crippen LogP contribution in [-0.4, -0.2) is 23.4 Å². The first-order valence-electron chi connectivity index (χ1n) is 5.53. The van der Waals surface area contributed by atoms with E-state index < -0.39 is 0 Å². The topological polar surface area (TPSA) is 16.1 Å². The lowest BCUT2D eigenvalue weighted by atomic mass is 10.1. The van der Waals surface area contributed by atoms with Gasteiger partial charge in [-0.05, 0) is 37.3 Å². The predicted molar refractivity (Wildman–Crippen MR) is 67.7 cm³/mol. The number of aryl methyl sites for hydroxylation is 1. The van der Waals surface area contributed by atoms with E-state index in [2.05, 4.69) is 38.8 Å². The minimum Gasteiger partial charge on any atom is -0.371 e. The molecule has 0 saturated carbocycles. The third-order valence-electron chi connectivity index (χ3n) is 3.13. The van der Waals surface area contributed by atoms with E-state index in [-0.39, 0.29) is 0 Å². The van der Waals surface area contributed by atoms with E-state index in [1.54, 1.807) is 0 Å². The van der Waals surface area contributed by atoms with Crippen LogP contribution in [0.15, 0.2) is 18.5 Å². The predicted octanol–water partition coefficient (Wildman–Crippen LogP) is 3.00. The Kier molecular flexibility index (Phi) is 3.62. The second-order valence-electron chi connectivity index (χ2n) is 4.24. The van der Waals surface area contributed by atoms with Gasteiger partial charge in [0.05, 0.1) is 0 Å². The van der Waals surface area contributed by atoms with E-state index in [0.29, 0.717) is 0 Å². The van der Waals surface area contributed by atoms with E-state index in [4.69, 9.17) is 0 Å². The molecule has 1 aliphatic heterocycles. The van der Waals surface area contributed by atoms with Gasteiger partial charge in [-0.15, -0.1) is 0 Å². The Bertz CT molecular complexity index is 327. The normalized spacial score (nSPS) is 20.9. The van der Waals surface area contributed by atoms with Crippen LogP contribution in [0.5, 0.6) is 0 Å². The number of rotatable bonds is 3. The smallest absolute Gasteiger partial charge is 0.0426 e. The molecule has 15 heavy (non-hydrogen) atoms. The molecule has 1 aromatic rings. The fourth-order valence-corrected chi connectivity index (χ4v) is 2.91. The summed E-state index contributed by atoms with van der Waals surface area (Å²) in [6.45, 7) is 4.54. The molecule has 1 saturated heterocycles. The van der Waals surface area contributed by atoms with Crippen LogP contribution in [-0.2, 0) is 0 Å². The van der Waals surface area contributed by atoms with Crippen molar-refractivity contribution in [2.24, 2.45) is 5.92 Å². The molecule has 3 heteroatoms. The summed E-state index contributed by atoms with van der Waals surface area (Å²) < 4.78 is 0. The maximum absolute atomic E-state index is 4.14. The molecule has 2 heterocycles. The Morgan fingerprint density at radius 2 is 2.47 bits per heavy atom. The zero-order chi connectivity index (χ0) is 10.7. The quantitative estimate of drug-likeness (QED) is 0.784. The molecule has 0 spiro atoms. The third-order valence-corrected chi connectivity index (χ3v) is 3.59. The molecule has 1 fully saturated rings. The van der Waals surface area contributed by atoms with Gasteiger partial charge in [-0.1, -0.05) is 15.9 Å². The van der Waals surface area contributed by atoms with Gasteiger partial charge in [-0.2, -0.15) is 0 Å². The van der Waals surface area contributed by atoms with Crippen LogP contribution in [0, 0.1) is 12.8 Å². The van der Waals surface area contributed by atoms with E-state index in [1.165, 1.54) is 37.2 Å². The van der Waals surface area contributed by atoms with Gasteiger partial charge in [0.25, 0.3) is 0 Å². The molecule has 2 rings (SSSR count). The second kappa shape index (κ2) is 4.97. The molecule has 0 N–H and O–H groups in total. The summed E-state index contributed by atoms with van der Waals surface area (Å²) in [6, 6.07) is 2.13. The van der Waals surface area contributed by atoms with Crippen molar-refractivity contribution in [1.82, 2.24) is 4.98 Å². The van der Waals surface area contributed by atoms with E-state index >= 15 is 0 Å². The molecule has 0 aromatic carbocycles. The Hall–Kier alpha value is -0.570. The summed E-state index contributed by atoms with van der Waals surface area (Å²) >= 11 is 3.52. The summed E-state index contributed by atoms with van der Waals surface area (Å²) in [5.41, 5.74) is 2.65. The highest BCUT2D eigenvalue weighted by molar-refractivity contribution is 9.09. The Morgan fingerprint density at radius 1 is 1.60 bits per heavy atom. The lowest BCUT2D eigenvalue weighted by Gasteiger charge is -2.20. The number of hydrogen-bond donors (Lipinski definition) is 0. The maximum atomic E-state index is 4.14. The summed E-state index contributed by atoms with van der Waals surface area (Å²) in [5, 5.41) is 1.13. The van der Waals surface area contributed by atoms with Gasteiger partial charge < -0.3 is 4.90 Å². The monoisotopic (exact) mass is 268 g/mol. The van der Waals surface area contributed by atoms with Crippen LogP contribution in [0.1, 0.15) is 18.4 Å². The highest BCUT2D eigenvalue weighted by Gasteiger charge is 2.22. The molecule has 1 unspecified atom stereocenters. The zero-order valence-electron chi connectivity index (χ0n) is 9.12. The summed E-state index contributed by atoms with van der Waals surface area (Å²) in [5.74, 6) is 0.858. The maximum Gasteiger partial charge on any atom is 0.0426 e. The van der Waals surface area contributed by atoms with E-state index in [0.717, 1.165) is 11.2 Å². The largest absolute Gasteiger partial charge is 0.371 e. The SMILES string of the molecule is Cc1cnccc1N1CCC(CCBr)C1. The van der Waals surface area contributed by atoms with Gasteiger partial charge in [0.1, 0.15) is 0 Å². The minimum absolute atomic E-state index is 0.858. The standard InChI is InChI=1S/C12H17BrN2/c1-10-8-14-6-3-12(10)15-7-4-11(9-15)2-5-13/h3,6,8,11H,2,4-5,7,9H2,1H3. The Morgan fingerprint density at radius 3 is 3.20 bits per heavy atom. The van der Waals surface area contributed by atoms with Crippen molar-refractivity contribution in [3.05, 3.63) is 24.0 Å². The number of nitrogens with zero attached hydrogens (tertiary/aromatic N) is 2. The van der Waals surface area contributed by atoms with Gasteiger partial charge in [0, 0.05) is 36.5 Å². The van der Waals surface area contributed by atoms with E-state index in [1.807, 2.05) is 12.4 Å². The van der Waals surface area contributed by atoms with Crippen LogP contribution >= 0.6 is 15.9 Å². The number of pyridine rings is 1. The first-order chi connectivity index (χ1) is 7.31. The van der Waals surface area contributed by atoms with Crippen molar-refractivity contribution in [2.75, 3.05) is 23.3 Å². The lowest BCUT2D eigenvalue weighted by Crippen LogP contribution is -2.20. The van der Waals surface area contributed by atoms with Crippen molar-refractivity contribution < 1.29 is 0 Å². The van der Waals surface area contributed by atoms with Gasteiger partial charge in [0.2, 0.25) is 0 Å². The minimum atomic E-state index is 0.858. The van der Waals surface area contributed by atoms with Crippen molar-refractivity contribution >= 4 is 21.6 Å². The molecule has 0 bridgehead atoms. The summed E-state index contributed by atoms with van der Waals surface area (Å²) in [4.78, 5) is 6.63. The first kappa shape index (κ1) is 10.9. The molecule has 1 atom stereocenters. The Balaban J connectivity index is 2.04. The second-order valence-corrected chi connectivity index (χ2v) is 5.03. The molecule has 0 amide bonds. The average Bonchev–Trinajstić information content (AvgIpc) is 2.68. The molecular weight excluding hydrogens is 252 g/mol. The number of anilines is 1. The van der Waals surface area contributed by atoms with Gasteiger partial charge in [-0.25, -0.2) is 0 Å². The third kappa shape index (κ3) is 2.51. The van der Waals surface area contributed by atoms with Crippen LogP contribution < -0.4 is 4.90 Å². The highest BCUT2D eigenvalue weighted by Crippen LogP contribution is 2.27. The fourth-order valence-electron chi connectivity index (χ4n) is 2.26. The van der Waals surface area contributed by atoms with E-state index in [9.17, 15) is 0 Å². The summed E-state index contributed by atoms with van der Waals surface area (Å²) in [7, 11) is 0. The molecule has 0 radical (unpaired) electrons. The van der Waals surface area contributed by atoms with Crippen molar-refractivity contribution in [2.45, 2.75) is 19.8 Å². The van der Waals surface area contributed by atoms with Gasteiger partial charge >= 0.3 is 0 Å². The number of alkyl halides is 1. The molecular formula is C12H17BrN2. The van der Waals surface area contributed by atoms with Crippen LogP contribution in [0.2, 0.25) is 0 Å². The lowest BCUT2D eigenvalue weighted by molar-refractivity contribution is 0.576. The van der Waals surface area contributed by atoms with Crippen molar-refractivity contribution in [3.8, 4) is 0 Å². The van der Waals surface area contributed by atoms with Gasteiger partial charge in [-0.3, -0.25) is 4.98 Å². The molecule has 0 aliphatic carbocycles. The summed E-state index contributed by atoms with van der Waals surface area (Å²) in [6.07, 6.45) is 6.46. The van der Waals surface area contributed by atoms with Crippen molar-refractivity contribution in [1.29, 1.82) is 0 Å². The van der Waals surface area contributed by atoms with Crippen LogP contribution in [0.25, 0.3) is 0 Å². The fraction of sp³-hybridized carbons (Fsp3) is 0.583.